The Bertz CT molecular complexity index is 589. The Balaban J connectivity index is 2.25. The van der Waals surface area contributed by atoms with Crippen LogP contribution < -0.4 is 4.90 Å². The van der Waals surface area contributed by atoms with Crippen molar-refractivity contribution in [1.29, 1.82) is 5.26 Å². The van der Waals surface area contributed by atoms with Crippen molar-refractivity contribution in [2.24, 2.45) is 17.3 Å². The monoisotopic (exact) mass is 286 g/mol. The molecule has 5 heteroatoms. The molecular weight excluding hydrogens is 268 g/mol. The topological polar surface area (TPSA) is 81.4 Å². The summed E-state index contributed by atoms with van der Waals surface area (Å²) < 4.78 is 0. The number of anilines is 1. The number of carboxylic acids is 1. The van der Waals surface area contributed by atoms with E-state index in [9.17, 15) is 14.7 Å². The minimum atomic E-state index is -0.938. The molecule has 0 spiro atoms. The Labute approximate surface area is 123 Å². The number of nitrogens with zero attached hydrogens (tertiary/aromatic N) is 2. The molecule has 0 radical (unpaired) electrons. The zero-order valence-electron chi connectivity index (χ0n) is 12.1. The van der Waals surface area contributed by atoms with E-state index in [0.29, 0.717) is 5.69 Å². The summed E-state index contributed by atoms with van der Waals surface area (Å²) in [4.78, 5) is 25.5. The van der Waals surface area contributed by atoms with E-state index in [-0.39, 0.29) is 18.9 Å². The van der Waals surface area contributed by atoms with Crippen LogP contribution in [0.3, 0.4) is 0 Å². The minimum absolute atomic E-state index is 0.214. The molecule has 1 aromatic rings. The van der Waals surface area contributed by atoms with Gasteiger partial charge in [0.25, 0.3) is 0 Å². The summed E-state index contributed by atoms with van der Waals surface area (Å²) in [6.45, 7) is 3.86. The second-order valence-corrected chi connectivity index (χ2v) is 5.85. The van der Waals surface area contributed by atoms with Crippen LogP contribution in [0.1, 0.15) is 20.3 Å². The van der Waals surface area contributed by atoms with Gasteiger partial charge in [-0.3, -0.25) is 9.59 Å². The Hall–Kier alpha value is -2.35. The highest BCUT2D eigenvalue weighted by Gasteiger charge is 2.66. The molecule has 21 heavy (non-hydrogen) atoms. The third-order valence-electron chi connectivity index (χ3n) is 4.14. The molecular formula is C16H18N2O3. The van der Waals surface area contributed by atoms with Gasteiger partial charge in [0.05, 0.1) is 24.3 Å². The van der Waals surface area contributed by atoms with E-state index in [1.54, 1.807) is 26.0 Å². The minimum Gasteiger partial charge on any atom is -0.481 e. The highest BCUT2D eigenvalue weighted by molar-refractivity contribution is 6.01. The van der Waals surface area contributed by atoms with Crippen molar-refractivity contribution in [3.63, 3.8) is 0 Å². The largest absolute Gasteiger partial charge is 0.481 e. The molecule has 2 rings (SSSR count). The summed E-state index contributed by atoms with van der Waals surface area (Å²) in [7, 11) is 0. The van der Waals surface area contributed by atoms with Crippen LogP contribution in [0.25, 0.3) is 0 Å². The fourth-order valence-corrected chi connectivity index (χ4v) is 2.86. The molecule has 0 heterocycles. The molecule has 1 N–H and O–H groups in total. The van der Waals surface area contributed by atoms with Gasteiger partial charge < -0.3 is 10.0 Å². The Morgan fingerprint density at radius 3 is 2.38 bits per heavy atom. The third kappa shape index (κ3) is 2.75. The van der Waals surface area contributed by atoms with E-state index in [1.807, 2.05) is 24.3 Å². The summed E-state index contributed by atoms with van der Waals surface area (Å²) >= 11 is 0. The second kappa shape index (κ2) is 5.57. The van der Waals surface area contributed by atoms with Crippen LogP contribution in [0.4, 0.5) is 5.69 Å². The average molecular weight is 286 g/mol. The number of benzene rings is 1. The zero-order chi connectivity index (χ0) is 15.6. The number of rotatable bonds is 5. The number of hydrogen-bond donors (Lipinski definition) is 1. The predicted molar refractivity (Wildman–Crippen MR) is 77.4 cm³/mol. The molecule has 1 aliphatic rings. The first-order valence-corrected chi connectivity index (χ1v) is 6.87. The van der Waals surface area contributed by atoms with Crippen molar-refractivity contribution in [2.45, 2.75) is 20.3 Å². The van der Waals surface area contributed by atoms with Crippen molar-refractivity contribution in [3.05, 3.63) is 30.3 Å². The average Bonchev–Trinajstić information content (AvgIpc) is 3.03. The lowest BCUT2D eigenvalue weighted by Crippen LogP contribution is -2.34. The number of nitriles is 1. The maximum Gasteiger partial charge on any atom is 0.307 e. The first-order chi connectivity index (χ1) is 9.91. The molecule has 1 aromatic carbocycles. The highest BCUT2D eigenvalue weighted by Crippen LogP contribution is 2.59. The summed E-state index contributed by atoms with van der Waals surface area (Å²) in [6.07, 6.45) is 0.214. The normalized spacial score (nSPS) is 22.1. The van der Waals surface area contributed by atoms with Crippen LogP contribution in [0.2, 0.25) is 0 Å². The summed E-state index contributed by atoms with van der Waals surface area (Å²) in [5.41, 5.74) is 0.160. The van der Waals surface area contributed by atoms with Crippen LogP contribution in [0, 0.1) is 28.6 Å². The van der Waals surface area contributed by atoms with E-state index in [2.05, 4.69) is 0 Å². The Morgan fingerprint density at radius 2 is 1.90 bits per heavy atom. The van der Waals surface area contributed by atoms with Gasteiger partial charge in [-0.25, -0.2) is 0 Å². The SMILES string of the molecule is CC1(C)C(C(=O)O)C1C(=O)N(CCC#N)c1ccccc1. The van der Waals surface area contributed by atoms with Gasteiger partial charge in [-0.15, -0.1) is 0 Å². The van der Waals surface area contributed by atoms with Gasteiger partial charge in [0.1, 0.15) is 0 Å². The van der Waals surface area contributed by atoms with Crippen molar-refractivity contribution in [1.82, 2.24) is 0 Å². The van der Waals surface area contributed by atoms with Crippen molar-refractivity contribution >= 4 is 17.6 Å². The number of hydrogen-bond acceptors (Lipinski definition) is 3. The van der Waals surface area contributed by atoms with Crippen molar-refractivity contribution < 1.29 is 14.7 Å². The van der Waals surface area contributed by atoms with Crippen LogP contribution in [-0.2, 0) is 9.59 Å². The maximum atomic E-state index is 12.7. The number of aliphatic carboxylic acids is 1. The molecule has 1 fully saturated rings. The Morgan fingerprint density at radius 1 is 1.29 bits per heavy atom. The zero-order valence-corrected chi connectivity index (χ0v) is 12.1. The van der Waals surface area contributed by atoms with E-state index in [4.69, 9.17) is 5.26 Å². The third-order valence-corrected chi connectivity index (χ3v) is 4.14. The van der Waals surface area contributed by atoms with Crippen molar-refractivity contribution in [2.75, 3.05) is 11.4 Å². The lowest BCUT2D eigenvalue weighted by atomic mass is 10.1. The Kier molecular flexibility index (Phi) is 3.99. The van der Waals surface area contributed by atoms with Gasteiger partial charge in [-0.2, -0.15) is 5.26 Å². The number of para-hydroxylation sites is 1. The molecule has 0 aliphatic heterocycles. The number of amides is 1. The molecule has 1 amide bonds. The van der Waals surface area contributed by atoms with Gasteiger partial charge >= 0.3 is 5.97 Å². The van der Waals surface area contributed by atoms with Gasteiger partial charge in [0.15, 0.2) is 0 Å². The molecule has 1 saturated carbocycles. The molecule has 0 aromatic heterocycles. The van der Waals surface area contributed by atoms with Gasteiger partial charge in [0, 0.05) is 12.2 Å². The number of carbonyl (C=O) groups excluding carboxylic acids is 1. The molecule has 2 atom stereocenters. The van der Waals surface area contributed by atoms with E-state index in [1.165, 1.54) is 4.90 Å². The summed E-state index contributed by atoms with van der Waals surface area (Å²) in [5, 5.41) is 18.0. The first kappa shape index (κ1) is 15.0. The maximum absolute atomic E-state index is 12.7. The van der Waals surface area contributed by atoms with Gasteiger partial charge in [-0.1, -0.05) is 32.0 Å². The second-order valence-electron chi connectivity index (χ2n) is 5.85. The first-order valence-electron chi connectivity index (χ1n) is 6.87. The molecule has 110 valence electrons. The fraction of sp³-hybridized carbons (Fsp3) is 0.438. The summed E-state index contributed by atoms with van der Waals surface area (Å²) in [5.74, 6) is -2.34. The smallest absolute Gasteiger partial charge is 0.307 e. The van der Waals surface area contributed by atoms with Crippen LogP contribution in [0.5, 0.6) is 0 Å². The molecule has 5 nitrogen and oxygen atoms in total. The van der Waals surface area contributed by atoms with Gasteiger partial charge in [-0.05, 0) is 17.5 Å². The molecule has 0 saturated heterocycles. The van der Waals surface area contributed by atoms with Crippen molar-refractivity contribution in [3.8, 4) is 6.07 Å². The highest BCUT2D eigenvalue weighted by atomic mass is 16.4. The lowest BCUT2D eigenvalue weighted by Gasteiger charge is -2.22. The fourth-order valence-electron chi connectivity index (χ4n) is 2.86. The molecule has 2 unspecified atom stereocenters. The number of carbonyl (C=O) groups is 2. The predicted octanol–water partition coefficient (Wildman–Crippen LogP) is 2.29. The molecule has 1 aliphatic carbocycles. The van der Waals surface area contributed by atoms with E-state index < -0.39 is 23.2 Å². The quantitative estimate of drug-likeness (QED) is 0.900. The van der Waals surface area contributed by atoms with E-state index in [0.717, 1.165) is 0 Å². The molecule has 0 bridgehead atoms. The standard InChI is InChI=1S/C16H18N2O3/c1-16(2)12(13(16)15(20)21)14(19)18(10-6-9-17)11-7-4-3-5-8-11/h3-5,7-8,12-13H,6,10H2,1-2H3,(H,20,21). The van der Waals surface area contributed by atoms with Gasteiger partial charge in [0.2, 0.25) is 5.91 Å². The lowest BCUT2D eigenvalue weighted by molar-refractivity contribution is -0.140. The summed E-state index contributed by atoms with van der Waals surface area (Å²) in [6, 6.07) is 11.1. The van der Waals surface area contributed by atoms with Crippen LogP contribution in [-0.4, -0.2) is 23.5 Å². The van der Waals surface area contributed by atoms with Crippen LogP contribution >= 0.6 is 0 Å². The number of carboxylic acid groups (broad SMARTS) is 1. The van der Waals surface area contributed by atoms with E-state index >= 15 is 0 Å². The van der Waals surface area contributed by atoms with Crippen LogP contribution in [0.15, 0.2) is 30.3 Å².